The van der Waals surface area contributed by atoms with Crippen molar-refractivity contribution >= 4 is 75.1 Å². The Morgan fingerprint density at radius 3 is 1.64 bits per heavy atom. The minimum Gasteiger partial charge on any atom is -0.487 e. The van der Waals surface area contributed by atoms with E-state index in [4.69, 9.17) is 40.9 Å². The predicted molar refractivity (Wildman–Crippen MR) is 329 cm³/mol. The maximum absolute atomic E-state index is 14.9. The van der Waals surface area contributed by atoms with Crippen molar-refractivity contribution in [1.29, 1.82) is 0 Å². The van der Waals surface area contributed by atoms with Gasteiger partial charge in [0.1, 0.15) is 48.2 Å². The third kappa shape index (κ3) is 24.5. The first-order valence-electron chi connectivity index (χ1n) is 28.7. The fourth-order valence-electron chi connectivity index (χ4n) is 9.54. The van der Waals surface area contributed by atoms with Crippen molar-refractivity contribution in [2.75, 3.05) is 18.1 Å². The summed E-state index contributed by atoms with van der Waals surface area (Å²) in [5.41, 5.74) is 17.2. The lowest BCUT2D eigenvalue weighted by molar-refractivity contribution is -0.153. The van der Waals surface area contributed by atoms with E-state index in [9.17, 15) is 51.9 Å². The minimum atomic E-state index is -4.33. The quantitative estimate of drug-likeness (QED) is 0.0224. The van der Waals surface area contributed by atoms with Gasteiger partial charge in [-0.2, -0.15) is 0 Å². The van der Waals surface area contributed by atoms with Crippen molar-refractivity contribution in [2.24, 2.45) is 22.2 Å². The number of aliphatic imine (C=N–C) groups is 1. The van der Waals surface area contributed by atoms with Crippen LogP contribution in [0.4, 0.5) is 0 Å². The maximum atomic E-state index is 14.9. The Balaban J connectivity index is 2.09. The van der Waals surface area contributed by atoms with E-state index in [-0.39, 0.29) is 42.4 Å². The molecule has 87 heavy (non-hydrogen) atoms. The molecule has 0 spiro atoms. The number of esters is 1. The summed E-state index contributed by atoms with van der Waals surface area (Å²) in [6.45, 7) is 28.3. The Bertz CT molecular complexity index is 2920. The Morgan fingerprint density at radius 2 is 1.17 bits per heavy atom. The lowest BCUT2D eigenvalue weighted by atomic mass is 9.94. The topological polar surface area (TPSA) is 400 Å². The van der Waals surface area contributed by atoms with E-state index in [1.807, 2.05) is 13.8 Å². The number of hydrogen-bond acceptors (Lipinski definition) is 18. The van der Waals surface area contributed by atoms with Crippen molar-refractivity contribution < 1.29 is 75.6 Å². The monoisotopic (exact) mass is 1260 g/mol. The Morgan fingerprint density at radius 1 is 0.701 bits per heavy atom. The molecule has 0 saturated heterocycles. The second kappa shape index (κ2) is 31.5. The SMILES string of the molecule is Cc1c(C)c(S(=O)(=O)NC(N)=NCCC[C@H](NC(=O)[C@@H](NC(=O)[C@@H](NC(=O)[C@@H](NC(=O)[C@@H](N)CSCC(N)=O)[C@@H](C)OC(C)(C)C)[C@@H](C)OC(C)(C)C)[C@@H](C)OC(C)(C)C)C(=O)N[C@@H](CC(=O)O)C(=O)OCc2ccccc2)c(C)c2c1OC(C)(C)C2. The number of carboxylic acid groups (broad SMARTS) is 1. The highest BCUT2D eigenvalue weighted by atomic mass is 32.2. The molecule has 13 N–H and O–H groups in total. The number of thioether (sulfide) groups is 1. The summed E-state index contributed by atoms with van der Waals surface area (Å²) in [4.78, 5) is 114. The Hall–Kier alpha value is -6.59. The van der Waals surface area contributed by atoms with Gasteiger partial charge in [0.05, 0.1) is 58.2 Å². The molecule has 0 radical (unpaired) electrons. The van der Waals surface area contributed by atoms with Crippen LogP contribution in [-0.2, 0) is 80.4 Å². The summed E-state index contributed by atoms with van der Waals surface area (Å²) in [6.07, 6.45) is -4.28. The zero-order valence-corrected chi connectivity index (χ0v) is 54.9. The first-order chi connectivity index (χ1) is 39.9. The smallest absolute Gasteiger partial charge is 0.329 e. The number of sulfonamides is 1. The molecule has 0 saturated carbocycles. The standard InChI is InChI=1S/C59H94N10O16S2/c1-31-32(2)48(33(3)38-27-59(16,17)85-47(31)38)87(79,80)69-55(62)63-25-21-24-40(50(74)65-41(26-43(71)72)54(78)81-28-37-22-19-18-20-23-37)64-51(75)44(34(4)82-56(7,8)9)67-53(77)46(36(6)84-58(13,14)15)68-52(76)45(35(5)83-57(10,11)12)66-49(73)39(60)29-86-30-42(61)70/h18-20,22-23,34-36,39-41,44-46H,21,24-30,60H2,1-17H3,(H2,61,70)(H,64,75)(H,65,74)(H,66,73)(H,67,77)(H,68,76)(H,71,72)(H3,62,63,69)/t34-,35-,36-,39+,40+,41+,44+,45+,46+/m1/s1. The molecule has 1 aliphatic heterocycles. The van der Waals surface area contributed by atoms with E-state index in [1.54, 1.807) is 113 Å². The molecule has 1 heterocycles. The number of nitrogens with zero attached hydrogens (tertiary/aromatic N) is 1. The first kappa shape index (κ1) is 74.7. The van der Waals surface area contributed by atoms with Crippen LogP contribution in [-0.4, -0.2) is 162 Å². The number of guanidine groups is 1. The predicted octanol–water partition coefficient (Wildman–Crippen LogP) is 2.50. The van der Waals surface area contributed by atoms with Gasteiger partial charge in [-0.15, -0.1) is 11.8 Å². The number of primary amides is 1. The first-order valence-corrected chi connectivity index (χ1v) is 31.3. The number of carbonyl (C=O) groups excluding carboxylic acids is 7. The van der Waals surface area contributed by atoms with E-state index < -0.39 is 147 Å². The van der Waals surface area contributed by atoms with Gasteiger partial charge in [-0.1, -0.05) is 30.3 Å². The van der Waals surface area contributed by atoms with Crippen molar-refractivity contribution in [3.63, 3.8) is 0 Å². The summed E-state index contributed by atoms with van der Waals surface area (Å²) >= 11 is 1.01. The van der Waals surface area contributed by atoms with Crippen LogP contribution in [0.5, 0.6) is 5.75 Å². The van der Waals surface area contributed by atoms with Gasteiger partial charge in [0.15, 0.2) is 0 Å². The minimum absolute atomic E-state index is 0.0102. The summed E-state index contributed by atoms with van der Waals surface area (Å²) in [5, 5.41) is 22.9. The number of amides is 6. The van der Waals surface area contributed by atoms with Crippen LogP contribution in [0.25, 0.3) is 0 Å². The van der Waals surface area contributed by atoms with Gasteiger partial charge < -0.3 is 72.6 Å². The number of rotatable bonds is 31. The number of benzene rings is 2. The van der Waals surface area contributed by atoms with Gasteiger partial charge in [-0.3, -0.25) is 38.6 Å². The summed E-state index contributed by atoms with van der Waals surface area (Å²) < 4.78 is 60.4. The molecule has 28 heteroatoms. The molecular weight excluding hydrogens is 1170 g/mol. The van der Waals surface area contributed by atoms with Gasteiger partial charge >= 0.3 is 11.9 Å². The average molecular weight is 1260 g/mol. The third-order valence-electron chi connectivity index (χ3n) is 13.2. The van der Waals surface area contributed by atoms with Crippen molar-refractivity contribution in [3.05, 3.63) is 58.1 Å². The fraction of sp³-hybridized carbons (Fsp3) is 0.644. The number of hydrogen-bond donors (Lipinski definition) is 10. The van der Waals surface area contributed by atoms with Gasteiger partial charge in [-0.05, 0) is 153 Å². The fourth-order valence-corrected chi connectivity index (χ4v) is 11.8. The molecule has 0 unspecified atom stereocenters. The lowest BCUT2D eigenvalue weighted by Crippen LogP contribution is -2.65. The Kier molecular flexibility index (Phi) is 27.1. The lowest BCUT2D eigenvalue weighted by Gasteiger charge is -2.36. The highest BCUT2D eigenvalue weighted by Crippen LogP contribution is 2.43. The number of nitrogens with one attached hydrogen (secondary N) is 6. The second-order valence-corrected chi connectivity index (χ2v) is 27.9. The molecule has 3 rings (SSSR count). The normalized spacial score (nSPS) is 16.6. The van der Waals surface area contributed by atoms with Crippen LogP contribution < -0.4 is 53.2 Å². The number of nitrogens with two attached hydrogens (primary N) is 3. The van der Waals surface area contributed by atoms with Crippen molar-refractivity contribution in [1.82, 2.24) is 31.3 Å². The number of aliphatic carboxylic acids is 1. The second-order valence-electron chi connectivity index (χ2n) is 25.2. The number of ether oxygens (including phenoxy) is 5. The van der Waals surface area contributed by atoms with E-state index in [2.05, 4.69) is 36.3 Å². The highest BCUT2D eigenvalue weighted by Gasteiger charge is 2.42. The van der Waals surface area contributed by atoms with Gasteiger partial charge in [0.25, 0.3) is 10.0 Å². The molecule has 9 atom stereocenters. The average Bonchev–Trinajstić information content (AvgIpc) is 1.70. The largest absolute Gasteiger partial charge is 0.487 e. The molecule has 26 nitrogen and oxygen atoms in total. The van der Waals surface area contributed by atoms with Crippen LogP contribution in [0.1, 0.15) is 144 Å². The molecule has 488 valence electrons. The molecule has 2 aromatic carbocycles. The molecule has 0 aliphatic carbocycles. The number of fused-ring (bicyclic) bond motifs is 1. The van der Waals surface area contributed by atoms with Crippen LogP contribution in [0.3, 0.4) is 0 Å². The molecule has 6 amide bonds. The molecule has 1 aliphatic rings. The maximum Gasteiger partial charge on any atom is 0.329 e. The van der Waals surface area contributed by atoms with E-state index in [0.29, 0.717) is 34.4 Å². The molecule has 0 fully saturated rings. The van der Waals surface area contributed by atoms with Crippen LogP contribution in [0.15, 0.2) is 40.2 Å². The van der Waals surface area contributed by atoms with Crippen LogP contribution in [0, 0.1) is 20.8 Å². The van der Waals surface area contributed by atoms with Gasteiger partial charge in [-0.25, -0.2) is 17.9 Å². The zero-order valence-electron chi connectivity index (χ0n) is 53.3. The summed E-state index contributed by atoms with van der Waals surface area (Å²) in [5.74, 6) is -8.03. The molecule has 0 bridgehead atoms. The molecule has 2 aromatic rings. The van der Waals surface area contributed by atoms with Crippen LogP contribution >= 0.6 is 11.8 Å². The van der Waals surface area contributed by atoms with E-state index in [1.165, 1.54) is 20.8 Å². The Labute approximate surface area is 515 Å². The number of carbonyl (C=O) groups is 8. The van der Waals surface area contributed by atoms with Crippen molar-refractivity contribution in [2.45, 2.75) is 232 Å². The third-order valence-corrected chi connectivity index (χ3v) is 15.9. The number of carboxylic acids is 1. The molecule has 0 aromatic heterocycles. The summed E-state index contributed by atoms with van der Waals surface area (Å²) in [7, 11) is -4.33. The summed E-state index contributed by atoms with van der Waals surface area (Å²) in [6, 6.07) is -0.964. The van der Waals surface area contributed by atoms with Gasteiger partial charge in [0, 0.05) is 24.3 Å². The van der Waals surface area contributed by atoms with E-state index in [0.717, 1.165) is 17.3 Å². The van der Waals surface area contributed by atoms with E-state index >= 15 is 0 Å². The van der Waals surface area contributed by atoms with Gasteiger partial charge in [0.2, 0.25) is 41.4 Å². The van der Waals surface area contributed by atoms with Crippen LogP contribution in [0.2, 0.25) is 0 Å². The zero-order chi connectivity index (χ0) is 66.3. The highest BCUT2D eigenvalue weighted by molar-refractivity contribution is 8.00. The molecular formula is C59H94N10O16S2. The van der Waals surface area contributed by atoms with Crippen molar-refractivity contribution in [3.8, 4) is 5.75 Å².